The maximum atomic E-state index is 12.0. The smallest absolute Gasteiger partial charge is 0.333 e. The molecule has 0 bridgehead atoms. The number of carboxylic acid groups (broad SMARTS) is 1. The molecule has 3 unspecified atom stereocenters. The van der Waals surface area contributed by atoms with Crippen LogP contribution in [0.4, 0.5) is 0 Å². The van der Waals surface area contributed by atoms with E-state index >= 15 is 0 Å². The molecule has 0 saturated carbocycles. The summed E-state index contributed by atoms with van der Waals surface area (Å²) < 4.78 is 27.3. The van der Waals surface area contributed by atoms with E-state index in [4.69, 9.17) is 23.7 Å². The number of rotatable bonds is 21. The molecular formula is C29H40N2O12. The van der Waals surface area contributed by atoms with E-state index in [1.54, 1.807) is 25.2 Å². The van der Waals surface area contributed by atoms with Gasteiger partial charge in [0.2, 0.25) is 18.1 Å². The fourth-order valence-corrected chi connectivity index (χ4v) is 4.06. The lowest BCUT2D eigenvalue weighted by Crippen LogP contribution is -2.42. The zero-order valence-electron chi connectivity index (χ0n) is 24.2. The van der Waals surface area contributed by atoms with Gasteiger partial charge in [0, 0.05) is 57.1 Å². The van der Waals surface area contributed by atoms with Crippen LogP contribution in [-0.2, 0) is 44.8 Å². The van der Waals surface area contributed by atoms with Gasteiger partial charge in [-0.2, -0.15) is 0 Å². The first-order chi connectivity index (χ1) is 20.7. The second kappa shape index (κ2) is 20.0. The van der Waals surface area contributed by atoms with Gasteiger partial charge >= 0.3 is 5.97 Å². The summed E-state index contributed by atoms with van der Waals surface area (Å²) in [6.45, 7) is 1.81. The molecule has 1 fully saturated rings. The highest BCUT2D eigenvalue weighted by atomic mass is 16.7. The van der Waals surface area contributed by atoms with Crippen molar-refractivity contribution in [1.82, 2.24) is 10.2 Å². The molecule has 0 aliphatic carbocycles. The number of nitrogens with one attached hydrogen (secondary N) is 1. The molecule has 3 atom stereocenters. The van der Waals surface area contributed by atoms with Crippen molar-refractivity contribution < 1.29 is 57.9 Å². The van der Waals surface area contributed by atoms with Crippen molar-refractivity contribution in [1.29, 1.82) is 0 Å². The molecule has 14 nitrogen and oxygen atoms in total. The SMILES string of the molecule is CN(CCCCCC(=O)NCCOCCOc1ccc(COC=O)c(OC2CC(O)CC(C(=O)O)O2)c1)C(=O)/C=C\C=O. The third kappa shape index (κ3) is 14.1. The number of ether oxygens (including phenoxy) is 5. The van der Waals surface area contributed by atoms with Crippen molar-refractivity contribution in [2.45, 2.75) is 63.6 Å². The van der Waals surface area contributed by atoms with E-state index in [2.05, 4.69) is 5.32 Å². The Kier molecular flexibility index (Phi) is 16.4. The largest absolute Gasteiger partial charge is 0.491 e. The monoisotopic (exact) mass is 608 g/mol. The molecule has 1 aromatic rings. The molecule has 1 aromatic carbocycles. The van der Waals surface area contributed by atoms with Gasteiger partial charge in [0.05, 0.1) is 19.3 Å². The van der Waals surface area contributed by atoms with E-state index in [-0.39, 0.29) is 50.2 Å². The Morgan fingerprint density at radius 1 is 1.12 bits per heavy atom. The number of amides is 2. The standard InChI is InChI=1S/C29H40N2O12/c1-31(27(36)7-5-12-32)11-4-2-3-6-26(35)30-10-13-39-14-15-41-23-9-8-21(19-40-20-33)24(18-23)42-28-17-22(34)16-25(43-28)29(37)38/h5,7-9,12,18,20,22,25,28,34H,2-4,6,10-11,13-17,19H2,1H3,(H,30,35)(H,37,38)/b7-5-. The summed E-state index contributed by atoms with van der Waals surface area (Å²) in [5.74, 6) is -0.866. The highest BCUT2D eigenvalue weighted by Gasteiger charge is 2.34. The number of carbonyl (C=O) groups is 5. The minimum absolute atomic E-state index is 0.0465. The molecule has 14 heteroatoms. The van der Waals surface area contributed by atoms with Gasteiger partial charge in [-0.1, -0.05) is 6.42 Å². The van der Waals surface area contributed by atoms with Gasteiger partial charge in [-0.15, -0.1) is 0 Å². The number of hydrogen-bond donors (Lipinski definition) is 3. The minimum Gasteiger partial charge on any atom is -0.491 e. The normalized spacial score (nSPS) is 18.0. The van der Waals surface area contributed by atoms with Crippen molar-refractivity contribution >= 4 is 30.5 Å². The van der Waals surface area contributed by atoms with Crippen molar-refractivity contribution in [3.63, 3.8) is 0 Å². The van der Waals surface area contributed by atoms with E-state index < -0.39 is 24.5 Å². The summed E-state index contributed by atoms with van der Waals surface area (Å²) in [5, 5.41) is 22.0. The van der Waals surface area contributed by atoms with Crippen LogP contribution in [0.25, 0.3) is 0 Å². The fourth-order valence-electron chi connectivity index (χ4n) is 4.06. The van der Waals surface area contributed by atoms with Gasteiger partial charge in [-0.3, -0.25) is 19.2 Å². The van der Waals surface area contributed by atoms with E-state index in [0.717, 1.165) is 18.9 Å². The number of benzene rings is 1. The lowest BCUT2D eigenvalue weighted by molar-refractivity contribution is -0.195. The van der Waals surface area contributed by atoms with Crippen LogP contribution in [0.1, 0.15) is 44.1 Å². The van der Waals surface area contributed by atoms with Gasteiger partial charge in [0.25, 0.3) is 6.47 Å². The highest BCUT2D eigenvalue weighted by molar-refractivity contribution is 5.90. The number of aldehydes is 1. The number of unbranched alkanes of at least 4 members (excludes halogenated alkanes) is 2. The van der Waals surface area contributed by atoms with Crippen LogP contribution in [-0.4, -0.2) is 104 Å². The number of nitrogens with zero attached hydrogens (tertiary/aromatic N) is 1. The van der Waals surface area contributed by atoms with Gasteiger partial charge in [-0.25, -0.2) is 4.79 Å². The van der Waals surface area contributed by atoms with E-state index in [9.17, 15) is 34.2 Å². The van der Waals surface area contributed by atoms with Gasteiger partial charge in [0.1, 0.15) is 31.0 Å². The number of aliphatic carboxylic acids is 1. The molecule has 0 spiro atoms. The summed E-state index contributed by atoms with van der Waals surface area (Å²) in [5.41, 5.74) is 0.493. The molecule has 1 saturated heterocycles. The Bertz CT molecular complexity index is 1080. The highest BCUT2D eigenvalue weighted by Crippen LogP contribution is 2.30. The number of allylic oxidation sites excluding steroid dienone is 1. The molecule has 1 heterocycles. The molecule has 1 aliphatic rings. The van der Waals surface area contributed by atoms with E-state index in [1.165, 1.54) is 11.0 Å². The third-order valence-electron chi connectivity index (χ3n) is 6.30. The lowest BCUT2D eigenvalue weighted by atomic mass is 10.1. The summed E-state index contributed by atoms with van der Waals surface area (Å²) in [4.78, 5) is 57.4. The fraction of sp³-hybridized carbons (Fsp3) is 0.552. The van der Waals surface area contributed by atoms with Crippen LogP contribution in [0.3, 0.4) is 0 Å². The molecule has 238 valence electrons. The topological polar surface area (TPSA) is 187 Å². The van der Waals surface area contributed by atoms with E-state index in [1.807, 2.05) is 0 Å². The second-order valence-electron chi connectivity index (χ2n) is 9.69. The zero-order valence-corrected chi connectivity index (χ0v) is 24.2. The quantitative estimate of drug-likeness (QED) is 0.102. The average molecular weight is 609 g/mol. The van der Waals surface area contributed by atoms with E-state index in [0.29, 0.717) is 56.6 Å². The van der Waals surface area contributed by atoms with Crippen LogP contribution < -0.4 is 14.8 Å². The predicted octanol–water partition coefficient (Wildman–Crippen LogP) is 0.975. The lowest BCUT2D eigenvalue weighted by Gasteiger charge is -2.31. The average Bonchev–Trinajstić information content (AvgIpc) is 2.98. The number of aliphatic hydroxyl groups excluding tert-OH is 1. The van der Waals surface area contributed by atoms with Crippen molar-refractivity contribution in [2.75, 3.05) is 40.0 Å². The zero-order chi connectivity index (χ0) is 31.5. The first kappa shape index (κ1) is 35.2. The Morgan fingerprint density at radius 3 is 2.67 bits per heavy atom. The van der Waals surface area contributed by atoms with Gasteiger partial charge in [-0.05, 0) is 31.1 Å². The number of hydrogen-bond acceptors (Lipinski definition) is 11. The molecule has 2 amide bonds. The number of carbonyl (C=O) groups excluding carboxylic acids is 4. The van der Waals surface area contributed by atoms with Crippen LogP contribution in [0.2, 0.25) is 0 Å². The van der Waals surface area contributed by atoms with Gasteiger partial charge in [0.15, 0.2) is 6.10 Å². The van der Waals surface area contributed by atoms with Crippen molar-refractivity contribution in [2.24, 2.45) is 0 Å². The van der Waals surface area contributed by atoms with Crippen molar-refractivity contribution in [3.05, 3.63) is 35.9 Å². The van der Waals surface area contributed by atoms with Crippen LogP contribution in [0.5, 0.6) is 11.5 Å². The third-order valence-corrected chi connectivity index (χ3v) is 6.30. The Morgan fingerprint density at radius 2 is 1.93 bits per heavy atom. The number of aliphatic hydroxyl groups is 1. The summed E-state index contributed by atoms with van der Waals surface area (Å²) in [6, 6.07) is 4.82. The molecule has 3 N–H and O–H groups in total. The summed E-state index contributed by atoms with van der Waals surface area (Å²) >= 11 is 0. The molecule has 2 rings (SSSR count). The molecule has 0 aromatic heterocycles. The van der Waals surface area contributed by atoms with Gasteiger partial charge < -0.3 is 44.1 Å². The van der Waals surface area contributed by atoms with Crippen LogP contribution in [0.15, 0.2) is 30.4 Å². The first-order valence-electron chi connectivity index (χ1n) is 14.0. The Labute approximate surface area is 249 Å². The van der Waals surface area contributed by atoms with Crippen LogP contribution >= 0.6 is 0 Å². The minimum atomic E-state index is -1.21. The van der Waals surface area contributed by atoms with Crippen LogP contribution in [0, 0.1) is 0 Å². The predicted molar refractivity (Wildman–Crippen MR) is 150 cm³/mol. The molecular weight excluding hydrogens is 568 g/mol. The molecule has 0 radical (unpaired) electrons. The molecule has 1 aliphatic heterocycles. The first-order valence-corrected chi connectivity index (χ1v) is 14.0. The maximum absolute atomic E-state index is 12.0. The summed E-state index contributed by atoms with van der Waals surface area (Å²) in [6.07, 6.45) is 2.38. The summed E-state index contributed by atoms with van der Waals surface area (Å²) in [7, 11) is 1.66. The Balaban J connectivity index is 1.65. The van der Waals surface area contributed by atoms with Crippen molar-refractivity contribution in [3.8, 4) is 11.5 Å². The molecule has 43 heavy (non-hydrogen) atoms. The number of likely N-dealkylation sites (N-methyl/N-ethyl adjacent to an activating group) is 1. The second-order valence-corrected chi connectivity index (χ2v) is 9.69. The maximum Gasteiger partial charge on any atom is 0.333 e. The number of carboxylic acids is 1. The Hall–Kier alpha value is -4.01.